The molecule has 0 bridgehead atoms. The van der Waals surface area contributed by atoms with Crippen molar-refractivity contribution in [2.45, 2.75) is 45.1 Å². The van der Waals surface area contributed by atoms with E-state index in [-0.39, 0.29) is 29.3 Å². The summed E-state index contributed by atoms with van der Waals surface area (Å²) >= 11 is 0. The quantitative estimate of drug-likeness (QED) is 0.844. The number of carbonyl (C=O) groups excluding carboxylic acids is 1. The molecule has 27 heavy (non-hydrogen) atoms. The summed E-state index contributed by atoms with van der Waals surface area (Å²) in [6, 6.07) is 10.2. The Hall–Kier alpha value is -2.63. The van der Waals surface area contributed by atoms with Crippen molar-refractivity contribution in [1.29, 1.82) is 0 Å². The highest BCUT2D eigenvalue weighted by molar-refractivity contribution is 5.86. The fourth-order valence-electron chi connectivity index (χ4n) is 3.81. The van der Waals surface area contributed by atoms with E-state index >= 15 is 0 Å². The van der Waals surface area contributed by atoms with E-state index in [0.717, 1.165) is 24.8 Å². The number of nitrogens with zero attached hydrogens (tertiary/aromatic N) is 3. The van der Waals surface area contributed by atoms with Crippen LogP contribution in [0, 0.1) is 5.92 Å². The molecule has 2 atom stereocenters. The first-order chi connectivity index (χ1) is 13.0. The monoisotopic (exact) mass is 369 g/mol. The van der Waals surface area contributed by atoms with Crippen molar-refractivity contribution in [3.8, 4) is 0 Å². The molecule has 6 nitrogen and oxygen atoms in total. The number of carboxylic acid groups (broad SMARTS) is 1. The molecule has 0 spiro atoms. The molecule has 0 aliphatic carbocycles. The van der Waals surface area contributed by atoms with Gasteiger partial charge in [0.25, 0.3) is 0 Å². The average Bonchev–Trinajstić information content (AvgIpc) is 3.19. The largest absolute Gasteiger partial charge is 0.478 e. The van der Waals surface area contributed by atoms with E-state index in [1.165, 1.54) is 6.20 Å². The third-order valence-electron chi connectivity index (χ3n) is 5.64. The molecular weight excluding hydrogens is 342 g/mol. The van der Waals surface area contributed by atoms with Gasteiger partial charge < -0.3 is 10.0 Å². The summed E-state index contributed by atoms with van der Waals surface area (Å²) in [6.07, 6.45) is 5.49. The van der Waals surface area contributed by atoms with Crippen LogP contribution in [0.2, 0.25) is 0 Å². The van der Waals surface area contributed by atoms with Gasteiger partial charge in [-0.2, -0.15) is 5.10 Å². The number of amides is 1. The fourth-order valence-corrected chi connectivity index (χ4v) is 3.81. The number of aromatic carboxylic acids is 1. The van der Waals surface area contributed by atoms with E-state index in [1.54, 1.807) is 10.9 Å². The van der Waals surface area contributed by atoms with Crippen LogP contribution in [0.3, 0.4) is 0 Å². The summed E-state index contributed by atoms with van der Waals surface area (Å²) in [5, 5.41) is 13.2. The zero-order valence-corrected chi connectivity index (χ0v) is 15.9. The van der Waals surface area contributed by atoms with E-state index < -0.39 is 5.97 Å². The lowest BCUT2D eigenvalue weighted by Gasteiger charge is -2.36. The SMILES string of the molecule is CCC(C)C(C(=O)N1CCC(n2cc(C(=O)O)cn2)CC1)c1ccccc1. The highest BCUT2D eigenvalue weighted by atomic mass is 16.4. The Morgan fingerprint density at radius 1 is 1.22 bits per heavy atom. The fraction of sp³-hybridized carbons (Fsp3) is 0.476. The Kier molecular flexibility index (Phi) is 5.94. The summed E-state index contributed by atoms with van der Waals surface area (Å²) in [5.74, 6) is -0.605. The summed E-state index contributed by atoms with van der Waals surface area (Å²) in [5.41, 5.74) is 1.28. The highest BCUT2D eigenvalue weighted by Gasteiger charge is 2.32. The van der Waals surface area contributed by atoms with Gasteiger partial charge in [-0.05, 0) is 24.3 Å². The summed E-state index contributed by atoms with van der Waals surface area (Å²) in [7, 11) is 0. The standard InChI is InChI=1S/C21H27N3O3/c1-3-15(2)19(16-7-5-4-6-8-16)20(25)23-11-9-18(10-12-23)24-14-17(13-22-24)21(26)27/h4-8,13-15,18-19H,3,9-12H2,1-2H3,(H,26,27). The van der Waals surface area contributed by atoms with Gasteiger partial charge in [-0.3, -0.25) is 9.48 Å². The molecule has 6 heteroatoms. The maximum absolute atomic E-state index is 13.3. The molecule has 2 unspecified atom stereocenters. The van der Waals surface area contributed by atoms with Crippen LogP contribution in [0.4, 0.5) is 0 Å². The van der Waals surface area contributed by atoms with Gasteiger partial charge in [0.15, 0.2) is 0 Å². The van der Waals surface area contributed by atoms with Crippen molar-refractivity contribution in [1.82, 2.24) is 14.7 Å². The Balaban J connectivity index is 1.68. The van der Waals surface area contributed by atoms with Gasteiger partial charge in [-0.25, -0.2) is 4.79 Å². The molecule has 1 fully saturated rings. The smallest absolute Gasteiger partial charge is 0.338 e. The van der Waals surface area contributed by atoms with Crippen LogP contribution < -0.4 is 0 Å². The van der Waals surface area contributed by atoms with Gasteiger partial charge in [0, 0.05) is 19.3 Å². The second-order valence-corrected chi connectivity index (χ2v) is 7.34. The molecule has 1 amide bonds. The van der Waals surface area contributed by atoms with Gasteiger partial charge in [-0.15, -0.1) is 0 Å². The molecule has 1 aliphatic heterocycles. The van der Waals surface area contributed by atoms with E-state index in [9.17, 15) is 9.59 Å². The van der Waals surface area contributed by atoms with E-state index in [2.05, 4.69) is 18.9 Å². The first-order valence-electron chi connectivity index (χ1n) is 9.62. The molecule has 1 aromatic carbocycles. The van der Waals surface area contributed by atoms with Crippen molar-refractivity contribution >= 4 is 11.9 Å². The number of piperidine rings is 1. The molecule has 1 aromatic heterocycles. The minimum absolute atomic E-state index is 0.115. The van der Waals surface area contributed by atoms with E-state index in [4.69, 9.17) is 5.11 Å². The van der Waals surface area contributed by atoms with Gasteiger partial charge >= 0.3 is 5.97 Å². The van der Waals surface area contributed by atoms with Crippen molar-refractivity contribution in [3.05, 3.63) is 53.9 Å². The highest BCUT2D eigenvalue weighted by Crippen LogP contribution is 2.31. The Morgan fingerprint density at radius 3 is 2.44 bits per heavy atom. The van der Waals surface area contributed by atoms with Crippen molar-refractivity contribution in [2.75, 3.05) is 13.1 Å². The minimum atomic E-state index is -0.965. The van der Waals surface area contributed by atoms with Crippen LogP contribution in [0.15, 0.2) is 42.7 Å². The van der Waals surface area contributed by atoms with Crippen LogP contribution in [-0.4, -0.2) is 44.8 Å². The maximum atomic E-state index is 13.3. The van der Waals surface area contributed by atoms with Gasteiger partial charge in [-0.1, -0.05) is 50.6 Å². The number of benzene rings is 1. The Morgan fingerprint density at radius 2 is 1.89 bits per heavy atom. The number of hydrogen-bond donors (Lipinski definition) is 1. The van der Waals surface area contributed by atoms with Crippen molar-refractivity contribution in [3.63, 3.8) is 0 Å². The predicted octanol–water partition coefficient (Wildman–Crippen LogP) is 3.57. The number of carbonyl (C=O) groups is 2. The number of carboxylic acids is 1. The molecule has 0 radical (unpaired) electrons. The molecule has 1 aliphatic rings. The number of aromatic nitrogens is 2. The average molecular weight is 369 g/mol. The van der Waals surface area contributed by atoms with Crippen LogP contribution >= 0.6 is 0 Å². The maximum Gasteiger partial charge on any atom is 0.338 e. The molecule has 2 aromatic rings. The third-order valence-corrected chi connectivity index (χ3v) is 5.64. The first kappa shape index (κ1) is 19.1. The van der Waals surface area contributed by atoms with Gasteiger partial charge in [0.2, 0.25) is 5.91 Å². The lowest BCUT2D eigenvalue weighted by atomic mass is 9.84. The lowest BCUT2D eigenvalue weighted by molar-refractivity contribution is -0.135. The van der Waals surface area contributed by atoms with Gasteiger partial charge in [0.1, 0.15) is 0 Å². The number of likely N-dealkylation sites (tertiary alicyclic amines) is 1. The molecule has 144 valence electrons. The summed E-state index contributed by atoms with van der Waals surface area (Å²) < 4.78 is 1.73. The lowest BCUT2D eigenvalue weighted by Crippen LogP contribution is -2.43. The van der Waals surface area contributed by atoms with E-state index in [1.807, 2.05) is 35.2 Å². The first-order valence-corrected chi connectivity index (χ1v) is 9.62. The van der Waals surface area contributed by atoms with Crippen LogP contribution in [0.5, 0.6) is 0 Å². The minimum Gasteiger partial charge on any atom is -0.478 e. The normalized spacial score (nSPS) is 17.5. The summed E-state index contributed by atoms with van der Waals surface area (Å²) in [4.78, 5) is 26.3. The zero-order chi connectivity index (χ0) is 19.4. The number of hydrogen-bond acceptors (Lipinski definition) is 3. The van der Waals surface area contributed by atoms with Crippen LogP contribution in [-0.2, 0) is 4.79 Å². The molecular formula is C21H27N3O3. The van der Waals surface area contributed by atoms with Crippen LogP contribution in [0.1, 0.15) is 61.0 Å². The van der Waals surface area contributed by atoms with Crippen molar-refractivity contribution in [2.24, 2.45) is 5.92 Å². The number of rotatable bonds is 6. The Bertz CT molecular complexity index is 779. The predicted molar refractivity (Wildman–Crippen MR) is 103 cm³/mol. The van der Waals surface area contributed by atoms with E-state index in [0.29, 0.717) is 13.1 Å². The summed E-state index contributed by atoms with van der Waals surface area (Å²) in [6.45, 7) is 5.61. The zero-order valence-electron chi connectivity index (χ0n) is 15.9. The molecule has 0 saturated carbocycles. The molecule has 1 saturated heterocycles. The molecule has 3 rings (SSSR count). The topological polar surface area (TPSA) is 75.4 Å². The molecule has 1 N–H and O–H groups in total. The van der Waals surface area contributed by atoms with Crippen LogP contribution in [0.25, 0.3) is 0 Å². The second kappa shape index (κ2) is 8.37. The third kappa shape index (κ3) is 4.21. The van der Waals surface area contributed by atoms with Gasteiger partial charge in [0.05, 0.1) is 23.7 Å². The molecule has 2 heterocycles. The second-order valence-electron chi connectivity index (χ2n) is 7.34. The van der Waals surface area contributed by atoms with Crippen molar-refractivity contribution < 1.29 is 14.7 Å². The Labute approximate surface area is 159 Å².